The van der Waals surface area contributed by atoms with E-state index in [-0.39, 0.29) is 5.97 Å². The van der Waals surface area contributed by atoms with Crippen LogP contribution in [-0.4, -0.2) is 43.5 Å². The number of anilines is 1. The van der Waals surface area contributed by atoms with Gasteiger partial charge >= 0.3 is 5.97 Å². The van der Waals surface area contributed by atoms with Crippen LogP contribution in [0.1, 0.15) is 62.5 Å². The monoisotopic (exact) mass is 360 g/mol. The summed E-state index contributed by atoms with van der Waals surface area (Å²) in [6, 6.07) is 3.66. The Morgan fingerprint density at radius 1 is 1.15 bits per heavy atom. The van der Waals surface area contributed by atoms with Crippen LogP contribution in [0.15, 0.2) is 12.1 Å². The molecule has 26 heavy (non-hydrogen) atoms. The summed E-state index contributed by atoms with van der Waals surface area (Å²) >= 11 is 0. The van der Waals surface area contributed by atoms with Gasteiger partial charge in [-0.15, -0.1) is 0 Å². The molecule has 0 bridgehead atoms. The Morgan fingerprint density at radius 2 is 1.85 bits per heavy atom. The number of rotatable bonds is 3. The Balaban J connectivity index is 1.67. The van der Waals surface area contributed by atoms with Crippen molar-refractivity contribution in [1.29, 1.82) is 0 Å². The molecule has 1 aromatic rings. The van der Waals surface area contributed by atoms with Crippen molar-refractivity contribution in [3.8, 4) is 0 Å². The van der Waals surface area contributed by atoms with Crippen LogP contribution in [0.3, 0.4) is 0 Å². The first-order chi connectivity index (χ1) is 12.3. The fourth-order valence-corrected chi connectivity index (χ4v) is 4.16. The number of carbonyl (C=O) groups is 1. The number of ether oxygens (including phenoxy) is 3. The molecule has 1 unspecified atom stereocenters. The van der Waals surface area contributed by atoms with Crippen LogP contribution >= 0.6 is 0 Å². The summed E-state index contributed by atoms with van der Waals surface area (Å²) in [4.78, 5) is 19.4. The van der Waals surface area contributed by atoms with Gasteiger partial charge in [-0.1, -0.05) is 0 Å². The van der Waals surface area contributed by atoms with Crippen molar-refractivity contribution in [2.45, 2.75) is 57.8 Å². The summed E-state index contributed by atoms with van der Waals surface area (Å²) < 4.78 is 16.9. The molecule has 0 radical (unpaired) electrons. The van der Waals surface area contributed by atoms with Gasteiger partial charge in [0.15, 0.2) is 5.79 Å². The van der Waals surface area contributed by atoms with Gasteiger partial charge in [0.1, 0.15) is 17.0 Å². The molecular formula is C20H28N2O4. The molecule has 4 rings (SSSR count). The minimum Gasteiger partial charge on any atom is -0.465 e. The minimum atomic E-state index is -0.638. The summed E-state index contributed by atoms with van der Waals surface area (Å²) in [5.74, 6) is -0.277. The zero-order valence-corrected chi connectivity index (χ0v) is 16.1. The van der Waals surface area contributed by atoms with E-state index in [0.29, 0.717) is 23.4 Å². The van der Waals surface area contributed by atoms with Crippen LogP contribution in [0.5, 0.6) is 0 Å². The van der Waals surface area contributed by atoms with E-state index in [1.807, 2.05) is 32.9 Å². The molecule has 6 heteroatoms. The van der Waals surface area contributed by atoms with E-state index in [9.17, 15) is 4.79 Å². The number of aromatic nitrogens is 1. The van der Waals surface area contributed by atoms with E-state index in [4.69, 9.17) is 19.2 Å². The summed E-state index contributed by atoms with van der Waals surface area (Å²) in [7, 11) is 1.41. The lowest BCUT2D eigenvalue weighted by atomic mass is 9.93. The third kappa shape index (κ3) is 3.09. The predicted molar refractivity (Wildman–Crippen MR) is 97.2 cm³/mol. The molecule has 3 aliphatic rings. The molecule has 1 aliphatic carbocycles. The summed E-state index contributed by atoms with van der Waals surface area (Å²) in [6.45, 7) is 8.09. The molecule has 3 fully saturated rings. The molecule has 1 saturated carbocycles. The first kappa shape index (κ1) is 17.7. The van der Waals surface area contributed by atoms with Crippen molar-refractivity contribution >= 4 is 11.8 Å². The molecule has 0 N–H and O–H groups in total. The number of hydrogen-bond donors (Lipinski definition) is 0. The molecule has 1 atom stereocenters. The van der Waals surface area contributed by atoms with Crippen molar-refractivity contribution in [2.24, 2.45) is 5.41 Å². The fourth-order valence-electron chi connectivity index (χ4n) is 4.16. The Morgan fingerprint density at radius 3 is 2.38 bits per heavy atom. The number of hydrogen-bond acceptors (Lipinski definition) is 6. The van der Waals surface area contributed by atoms with Gasteiger partial charge in [-0.3, -0.25) is 0 Å². The van der Waals surface area contributed by atoms with E-state index >= 15 is 0 Å². The van der Waals surface area contributed by atoms with E-state index in [1.165, 1.54) is 32.8 Å². The number of methoxy groups -OCH3 is 1. The summed E-state index contributed by atoms with van der Waals surface area (Å²) in [5, 5.41) is 0. The largest absolute Gasteiger partial charge is 0.465 e. The van der Waals surface area contributed by atoms with Gasteiger partial charge in [-0.2, -0.15) is 0 Å². The van der Waals surface area contributed by atoms with Crippen LogP contribution in [0.25, 0.3) is 0 Å². The number of nitrogens with zero attached hydrogens (tertiary/aromatic N) is 2. The number of piperidine rings is 1. The van der Waals surface area contributed by atoms with Gasteiger partial charge in [0.05, 0.1) is 19.4 Å². The van der Waals surface area contributed by atoms with Crippen molar-refractivity contribution < 1.29 is 19.0 Å². The zero-order chi connectivity index (χ0) is 18.6. The van der Waals surface area contributed by atoms with Crippen molar-refractivity contribution in [3.63, 3.8) is 0 Å². The second-order valence-corrected chi connectivity index (χ2v) is 8.57. The molecule has 2 aliphatic heterocycles. The van der Waals surface area contributed by atoms with Gasteiger partial charge in [0, 0.05) is 13.1 Å². The van der Waals surface area contributed by atoms with Gasteiger partial charge in [-0.25, -0.2) is 9.78 Å². The van der Waals surface area contributed by atoms with E-state index in [0.717, 1.165) is 18.8 Å². The highest BCUT2D eigenvalue weighted by Gasteiger charge is 2.46. The molecule has 142 valence electrons. The van der Waals surface area contributed by atoms with Crippen molar-refractivity contribution in [2.75, 3.05) is 31.7 Å². The lowest BCUT2D eigenvalue weighted by molar-refractivity contribution is -0.160. The fraction of sp³-hybridized carbons (Fsp3) is 0.700. The molecule has 0 amide bonds. The lowest BCUT2D eigenvalue weighted by Gasteiger charge is -2.34. The van der Waals surface area contributed by atoms with Gasteiger partial charge in [-0.05, 0) is 64.0 Å². The maximum atomic E-state index is 12.3. The quantitative estimate of drug-likeness (QED) is 0.771. The molecule has 2 saturated heterocycles. The van der Waals surface area contributed by atoms with E-state index < -0.39 is 11.4 Å². The van der Waals surface area contributed by atoms with Gasteiger partial charge < -0.3 is 19.1 Å². The molecule has 6 nitrogen and oxygen atoms in total. The third-order valence-corrected chi connectivity index (χ3v) is 6.07. The highest BCUT2D eigenvalue weighted by molar-refractivity contribution is 5.94. The summed E-state index contributed by atoms with van der Waals surface area (Å²) in [6.07, 6.45) is 5.03. The molecular weight excluding hydrogens is 332 g/mol. The van der Waals surface area contributed by atoms with Crippen LogP contribution < -0.4 is 4.90 Å². The van der Waals surface area contributed by atoms with Crippen LogP contribution in [0.2, 0.25) is 0 Å². The van der Waals surface area contributed by atoms with Crippen LogP contribution in [0.4, 0.5) is 5.82 Å². The molecule has 1 spiro atoms. The smallest absolute Gasteiger partial charge is 0.341 e. The second kappa shape index (κ2) is 5.92. The average Bonchev–Trinajstić information content (AvgIpc) is 3.31. The Labute approximate surface area is 154 Å². The molecule has 3 heterocycles. The summed E-state index contributed by atoms with van der Waals surface area (Å²) in [5.41, 5.74) is 1.25. The minimum absolute atomic E-state index is 0.347. The standard InChI is InChI=1S/C20H28N2O4/c1-18(2)25-13-19(3,26-18)15-6-5-14(17(23)24-4)16(21-15)22-11-9-20(7-8-20)10-12-22/h5-6H,7-13H2,1-4H3. The number of carbonyl (C=O) groups excluding carboxylic acids is 1. The van der Waals surface area contributed by atoms with Gasteiger partial charge in [0.2, 0.25) is 0 Å². The first-order valence-corrected chi connectivity index (χ1v) is 9.45. The number of pyridine rings is 1. The SMILES string of the molecule is COC(=O)c1ccc(C2(C)COC(C)(C)O2)nc1N1CCC2(CC1)CC2. The zero-order valence-electron chi connectivity index (χ0n) is 16.1. The topological polar surface area (TPSA) is 60.9 Å². The Bertz CT molecular complexity index is 719. The van der Waals surface area contributed by atoms with Crippen molar-refractivity contribution in [1.82, 2.24) is 4.98 Å². The Hall–Kier alpha value is -1.66. The number of esters is 1. The second-order valence-electron chi connectivity index (χ2n) is 8.57. The lowest BCUT2D eigenvalue weighted by Crippen LogP contribution is -2.37. The van der Waals surface area contributed by atoms with Crippen LogP contribution in [-0.2, 0) is 19.8 Å². The normalized spacial score (nSPS) is 29.0. The third-order valence-electron chi connectivity index (χ3n) is 6.07. The van der Waals surface area contributed by atoms with Gasteiger partial charge in [0.25, 0.3) is 0 Å². The molecule has 1 aromatic heterocycles. The van der Waals surface area contributed by atoms with Crippen molar-refractivity contribution in [3.05, 3.63) is 23.4 Å². The first-order valence-electron chi connectivity index (χ1n) is 9.45. The highest BCUT2D eigenvalue weighted by atomic mass is 16.8. The molecule has 0 aromatic carbocycles. The Kier molecular flexibility index (Phi) is 4.04. The maximum absolute atomic E-state index is 12.3. The van der Waals surface area contributed by atoms with Crippen LogP contribution in [0, 0.1) is 5.41 Å². The predicted octanol–water partition coefficient (Wildman–Crippen LogP) is 3.25. The highest BCUT2D eigenvalue weighted by Crippen LogP contribution is 2.54. The maximum Gasteiger partial charge on any atom is 0.341 e. The average molecular weight is 360 g/mol. The van der Waals surface area contributed by atoms with E-state index in [1.54, 1.807) is 0 Å². The van der Waals surface area contributed by atoms with E-state index in [2.05, 4.69) is 4.90 Å².